The maximum atomic E-state index is 12.3. The maximum Gasteiger partial charge on any atom is 0.330 e. The summed E-state index contributed by atoms with van der Waals surface area (Å²) in [7, 11) is 4.02. The van der Waals surface area contributed by atoms with Crippen molar-refractivity contribution in [2.45, 2.75) is 142 Å². The van der Waals surface area contributed by atoms with E-state index in [-0.39, 0.29) is 12.6 Å². The number of carbonyl (C=O) groups excluding carboxylic acids is 1. The molecule has 0 amide bonds. The highest BCUT2D eigenvalue weighted by Crippen LogP contribution is 2.30. The van der Waals surface area contributed by atoms with Crippen LogP contribution in [0.2, 0.25) is 0 Å². The molecule has 45 heavy (non-hydrogen) atoms. The highest BCUT2D eigenvalue weighted by Gasteiger charge is 2.14. The Hall–Kier alpha value is -2.05. The summed E-state index contributed by atoms with van der Waals surface area (Å²) in [5, 5.41) is 9.18. The van der Waals surface area contributed by atoms with Crippen LogP contribution in [0.4, 0.5) is 0 Å². The molecule has 0 saturated carbocycles. The van der Waals surface area contributed by atoms with Gasteiger partial charge in [0.05, 0.1) is 33.9 Å². The second-order valence-electron chi connectivity index (χ2n) is 13.4. The minimum Gasteiger partial charge on any atom is -0.490 e. The van der Waals surface area contributed by atoms with Crippen LogP contribution < -0.4 is 9.47 Å². The lowest BCUT2D eigenvalue weighted by molar-refractivity contribution is -0.890. The van der Waals surface area contributed by atoms with Crippen LogP contribution in [0.25, 0.3) is 6.08 Å². The van der Waals surface area contributed by atoms with Gasteiger partial charge < -0.3 is 23.8 Å². The van der Waals surface area contributed by atoms with Gasteiger partial charge in [0.1, 0.15) is 19.7 Å². The van der Waals surface area contributed by atoms with Gasteiger partial charge in [-0.1, -0.05) is 135 Å². The number of quaternary nitrogens is 1. The summed E-state index contributed by atoms with van der Waals surface area (Å²) in [4.78, 5) is 12.3. The molecule has 0 aliphatic heterocycles. The first-order valence-corrected chi connectivity index (χ1v) is 18.6. The van der Waals surface area contributed by atoms with Crippen molar-refractivity contribution in [3.05, 3.63) is 29.8 Å². The second-order valence-corrected chi connectivity index (χ2v) is 13.4. The number of aliphatic hydroxyl groups is 1. The zero-order valence-corrected chi connectivity index (χ0v) is 29.8. The van der Waals surface area contributed by atoms with E-state index in [4.69, 9.17) is 14.2 Å². The molecule has 0 saturated heterocycles. The van der Waals surface area contributed by atoms with E-state index in [1.165, 1.54) is 122 Å². The average Bonchev–Trinajstić information content (AvgIpc) is 3.02. The number of ether oxygens (including phenoxy) is 3. The molecule has 0 aliphatic carbocycles. The Labute approximate surface area is 277 Å². The SMILES string of the molecule is CCCCCCCCCCCCOc1ccc(/C=C/C(=O)OCC[N+](C)(C)CCO)cc1OCCCCCCCCCCCC. The number of unbranched alkanes of at least 4 members (excludes halogenated alkanes) is 18. The molecule has 1 N–H and O–H groups in total. The van der Waals surface area contributed by atoms with Crippen LogP contribution in [0.3, 0.4) is 0 Å². The van der Waals surface area contributed by atoms with Gasteiger partial charge in [-0.05, 0) is 36.6 Å². The molecule has 0 radical (unpaired) electrons. The van der Waals surface area contributed by atoms with E-state index in [2.05, 4.69) is 13.8 Å². The number of likely N-dealkylation sites (N-methyl/N-ethyl adjacent to an activating group) is 1. The van der Waals surface area contributed by atoms with Crippen LogP contribution in [-0.2, 0) is 9.53 Å². The lowest BCUT2D eigenvalue weighted by Crippen LogP contribution is -2.44. The van der Waals surface area contributed by atoms with Crippen molar-refractivity contribution in [3.63, 3.8) is 0 Å². The number of rotatable bonds is 31. The first-order valence-electron chi connectivity index (χ1n) is 18.6. The van der Waals surface area contributed by atoms with Crippen molar-refractivity contribution >= 4 is 12.0 Å². The lowest BCUT2D eigenvalue weighted by Gasteiger charge is -2.28. The fourth-order valence-electron chi connectivity index (χ4n) is 5.39. The monoisotopic (exact) mass is 633 g/mol. The molecule has 1 aromatic rings. The van der Waals surface area contributed by atoms with Crippen LogP contribution in [0.1, 0.15) is 148 Å². The average molecular weight is 633 g/mol. The molecule has 0 atom stereocenters. The molecule has 0 aromatic heterocycles. The van der Waals surface area contributed by atoms with Gasteiger partial charge in [0.2, 0.25) is 0 Å². The van der Waals surface area contributed by atoms with Crippen LogP contribution in [0.5, 0.6) is 11.5 Å². The van der Waals surface area contributed by atoms with Gasteiger partial charge in [0.15, 0.2) is 11.5 Å². The minimum atomic E-state index is -0.367. The molecule has 260 valence electrons. The van der Waals surface area contributed by atoms with Crippen molar-refractivity contribution in [2.24, 2.45) is 0 Å². The van der Waals surface area contributed by atoms with E-state index in [9.17, 15) is 9.90 Å². The number of esters is 1. The maximum absolute atomic E-state index is 12.3. The van der Waals surface area contributed by atoms with Crippen molar-refractivity contribution in [3.8, 4) is 11.5 Å². The summed E-state index contributed by atoms with van der Waals surface area (Å²) in [6.07, 6.45) is 29.2. The molecule has 0 spiro atoms. The molecule has 1 aromatic carbocycles. The number of hydrogen-bond acceptors (Lipinski definition) is 5. The van der Waals surface area contributed by atoms with E-state index in [0.29, 0.717) is 37.4 Å². The zero-order chi connectivity index (χ0) is 32.9. The predicted octanol–water partition coefficient (Wildman–Crippen LogP) is 9.91. The molecule has 6 nitrogen and oxygen atoms in total. The van der Waals surface area contributed by atoms with Crippen molar-refractivity contribution < 1.29 is 28.6 Å². The third kappa shape index (κ3) is 23.9. The van der Waals surface area contributed by atoms with Crippen molar-refractivity contribution in [1.82, 2.24) is 0 Å². The molecule has 6 heteroatoms. The fourth-order valence-corrected chi connectivity index (χ4v) is 5.39. The quantitative estimate of drug-likeness (QED) is 0.0382. The zero-order valence-electron chi connectivity index (χ0n) is 29.8. The van der Waals surface area contributed by atoms with Crippen molar-refractivity contribution in [2.75, 3.05) is 53.6 Å². The van der Waals surface area contributed by atoms with Crippen LogP contribution >= 0.6 is 0 Å². The Morgan fingerprint density at radius 3 is 1.60 bits per heavy atom. The Balaban J connectivity index is 2.52. The van der Waals surface area contributed by atoms with Gasteiger partial charge in [-0.2, -0.15) is 0 Å². The number of benzene rings is 1. The molecular formula is C39H70NO5+. The predicted molar refractivity (Wildman–Crippen MR) is 190 cm³/mol. The Morgan fingerprint density at radius 1 is 0.644 bits per heavy atom. The summed E-state index contributed by atoms with van der Waals surface area (Å²) in [6.45, 7) is 7.61. The van der Waals surface area contributed by atoms with Gasteiger partial charge in [-0.25, -0.2) is 4.79 Å². The third-order valence-electron chi connectivity index (χ3n) is 8.54. The summed E-state index contributed by atoms with van der Waals surface area (Å²) < 4.78 is 18.4. The standard InChI is InChI=1S/C39H70NO5/c1-5-7-9-11-13-15-17-19-21-23-32-43-37-27-25-36(26-28-39(42)45-34-30-40(3,4)29-31-41)35-38(37)44-33-24-22-20-18-16-14-12-10-8-6-2/h25-28,35,41H,5-24,29-34H2,1-4H3/q+1/b28-26+. The van der Waals surface area contributed by atoms with E-state index in [0.717, 1.165) is 29.9 Å². The van der Waals surface area contributed by atoms with Crippen LogP contribution in [-0.4, -0.2) is 69.2 Å². The van der Waals surface area contributed by atoms with Gasteiger partial charge in [-0.3, -0.25) is 0 Å². The fraction of sp³-hybridized carbons (Fsp3) is 0.769. The number of carbonyl (C=O) groups is 1. The normalized spacial score (nSPS) is 11.8. The molecule has 0 heterocycles. The summed E-state index contributed by atoms with van der Waals surface area (Å²) in [5.74, 6) is 1.16. The minimum absolute atomic E-state index is 0.114. The molecule has 0 fully saturated rings. The lowest BCUT2D eigenvalue weighted by atomic mass is 10.1. The molecule has 0 aliphatic rings. The third-order valence-corrected chi connectivity index (χ3v) is 8.54. The van der Waals surface area contributed by atoms with Gasteiger partial charge >= 0.3 is 5.97 Å². The molecule has 0 bridgehead atoms. The Morgan fingerprint density at radius 2 is 1.11 bits per heavy atom. The number of hydrogen-bond donors (Lipinski definition) is 1. The van der Waals surface area contributed by atoms with E-state index < -0.39 is 0 Å². The van der Waals surface area contributed by atoms with Crippen LogP contribution in [0.15, 0.2) is 24.3 Å². The Kier molecular flexibility index (Phi) is 25.7. The Bertz CT molecular complexity index is 869. The largest absolute Gasteiger partial charge is 0.490 e. The molecule has 0 unspecified atom stereocenters. The van der Waals surface area contributed by atoms with Crippen LogP contribution in [0, 0.1) is 0 Å². The van der Waals surface area contributed by atoms with Crippen molar-refractivity contribution in [1.29, 1.82) is 0 Å². The first-order chi connectivity index (χ1) is 21.9. The van der Waals surface area contributed by atoms with E-state index in [1.807, 2.05) is 32.3 Å². The topological polar surface area (TPSA) is 65.0 Å². The summed E-state index contributed by atoms with van der Waals surface area (Å²) >= 11 is 0. The summed E-state index contributed by atoms with van der Waals surface area (Å²) in [6, 6.07) is 5.89. The molecular weight excluding hydrogens is 562 g/mol. The first kappa shape index (κ1) is 41.0. The smallest absolute Gasteiger partial charge is 0.330 e. The highest BCUT2D eigenvalue weighted by molar-refractivity contribution is 5.87. The van der Waals surface area contributed by atoms with E-state index in [1.54, 1.807) is 6.08 Å². The number of aliphatic hydroxyl groups excluding tert-OH is 1. The summed E-state index contributed by atoms with van der Waals surface area (Å²) in [5.41, 5.74) is 0.882. The molecule has 1 rings (SSSR count). The van der Waals surface area contributed by atoms with Gasteiger partial charge in [0, 0.05) is 6.08 Å². The second kappa shape index (κ2) is 28.2. The number of nitrogens with zero attached hydrogens (tertiary/aromatic N) is 1. The van der Waals surface area contributed by atoms with E-state index >= 15 is 0 Å². The highest BCUT2D eigenvalue weighted by atomic mass is 16.5. The van der Waals surface area contributed by atoms with Gasteiger partial charge in [-0.15, -0.1) is 0 Å². The van der Waals surface area contributed by atoms with Gasteiger partial charge in [0.25, 0.3) is 0 Å².